The molecule has 0 fully saturated rings. The normalized spacial score (nSPS) is 1.00. The maximum absolute atomic E-state index is 4.09. The molecule has 0 rings (SSSR count). The fourth-order valence-corrected chi connectivity index (χ4v) is 0. The van der Waals surface area contributed by atoms with E-state index in [1.165, 1.54) is 18.0 Å². The van der Waals surface area contributed by atoms with Gasteiger partial charge in [0.25, 0.3) is 0 Å². The first-order chi connectivity index (χ1) is 1.00. The first-order valence-corrected chi connectivity index (χ1v) is 2.96. The van der Waals surface area contributed by atoms with Crippen LogP contribution in [-0.4, -0.2) is 0 Å². The Bertz CT molecular complexity index is 8.00. The Morgan fingerprint density at radius 1 is 1.25 bits per heavy atom. The standard InChI is InChI=1S/CH4.Mo.Ni.S/h1H4;;;. The van der Waals surface area contributed by atoms with Crippen molar-refractivity contribution < 1.29 is 34.5 Å². The van der Waals surface area contributed by atoms with Crippen LogP contribution in [0.1, 0.15) is 7.43 Å². The van der Waals surface area contributed by atoms with Gasteiger partial charge in [0, 0.05) is 16.5 Å². The summed E-state index contributed by atoms with van der Waals surface area (Å²) in [6.07, 6.45) is 0. The Hall–Kier alpha value is 1.40. The molecule has 30 valence electrons. The molecule has 0 aromatic rings. The van der Waals surface area contributed by atoms with Crippen LogP contribution < -0.4 is 0 Å². The van der Waals surface area contributed by atoms with E-state index in [0.717, 1.165) is 0 Å². The SMILES string of the molecule is C.[Ni].[S]=[Mo]. The van der Waals surface area contributed by atoms with E-state index >= 15 is 0 Å². The van der Waals surface area contributed by atoms with Crippen molar-refractivity contribution >= 4 is 9.82 Å². The zero-order valence-corrected chi connectivity index (χ0v) is 4.94. The van der Waals surface area contributed by atoms with Crippen LogP contribution in [0.25, 0.3) is 0 Å². The van der Waals surface area contributed by atoms with Gasteiger partial charge in [-0.1, -0.05) is 7.43 Å². The van der Waals surface area contributed by atoms with Crippen LogP contribution in [0.5, 0.6) is 0 Å². The van der Waals surface area contributed by atoms with Crippen LogP contribution in [0.3, 0.4) is 0 Å². The zero-order chi connectivity index (χ0) is 2.00. The molecular formula is CH4MoNiS. The molecule has 0 aliphatic rings. The molecule has 3 heteroatoms. The van der Waals surface area contributed by atoms with Crippen LogP contribution in [0, 0.1) is 0 Å². The van der Waals surface area contributed by atoms with Gasteiger partial charge in [-0.05, 0) is 0 Å². The molecule has 0 atom stereocenters. The summed E-state index contributed by atoms with van der Waals surface area (Å²) >= 11 is 1.53. The van der Waals surface area contributed by atoms with E-state index in [-0.39, 0.29) is 23.9 Å². The molecule has 0 saturated heterocycles. The average molecular weight is 203 g/mol. The van der Waals surface area contributed by atoms with Gasteiger partial charge in [-0.25, -0.2) is 0 Å². The quantitative estimate of drug-likeness (QED) is 0.534. The molecule has 0 aromatic heterocycles. The molecule has 0 aromatic carbocycles. The Morgan fingerprint density at radius 2 is 1.25 bits per heavy atom. The van der Waals surface area contributed by atoms with Gasteiger partial charge in [0.1, 0.15) is 0 Å². The predicted molar refractivity (Wildman–Crippen MR) is 14.3 cm³/mol. The van der Waals surface area contributed by atoms with Gasteiger partial charge in [0.15, 0.2) is 0 Å². The van der Waals surface area contributed by atoms with Gasteiger partial charge in [-0.15, -0.1) is 0 Å². The van der Waals surface area contributed by atoms with E-state index < -0.39 is 0 Å². The summed E-state index contributed by atoms with van der Waals surface area (Å²) in [5, 5.41) is 0. The topological polar surface area (TPSA) is 0 Å². The van der Waals surface area contributed by atoms with Crippen molar-refractivity contribution in [2.24, 2.45) is 0 Å². The summed E-state index contributed by atoms with van der Waals surface area (Å²) in [5.41, 5.74) is 0. The van der Waals surface area contributed by atoms with Gasteiger partial charge < -0.3 is 0 Å². The molecule has 0 amide bonds. The van der Waals surface area contributed by atoms with Crippen molar-refractivity contribution in [1.82, 2.24) is 0 Å². The third kappa shape index (κ3) is 9.99. The summed E-state index contributed by atoms with van der Waals surface area (Å²) < 4.78 is 0. The summed E-state index contributed by atoms with van der Waals surface area (Å²) in [6.45, 7) is 0. The average Bonchev–Trinajstić information content (AvgIpc) is 1.00. The van der Waals surface area contributed by atoms with E-state index in [0.29, 0.717) is 0 Å². The molecule has 0 nitrogen and oxygen atoms in total. The molecule has 0 aliphatic carbocycles. The van der Waals surface area contributed by atoms with Crippen LogP contribution in [-0.2, 0) is 34.5 Å². The van der Waals surface area contributed by atoms with Crippen molar-refractivity contribution in [2.45, 2.75) is 7.43 Å². The van der Waals surface area contributed by atoms with Crippen molar-refractivity contribution in [3.8, 4) is 0 Å². The van der Waals surface area contributed by atoms with E-state index in [9.17, 15) is 0 Å². The second-order valence-electron chi connectivity index (χ2n) is 0. The Kier molecular flexibility index (Phi) is 118. The minimum atomic E-state index is 0. The van der Waals surface area contributed by atoms with Crippen LogP contribution in [0.4, 0.5) is 0 Å². The molecule has 0 N–H and O–H groups in total. The zero-order valence-electron chi connectivity index (χ0n) is 1.13. The van der Waals surface area contributed by atoms with Crippen LogP contribution in [0.15, 0.2) is 0 Å². The summed E-state index contributed by atoms with van der Waals surface area (Å²) in [7, 11) is 4.09. The predicted octanol–water partition coefficient (Wildman–Crippen LogP) is 1.28. The number of rotatable bonds is 0. The second-order valence-corrected chi connectivity index (χ2v) is 0. The second kappa shape index (κ2) is 25.9. The van der Waals surface area contributed by atoms with Crippen molar-refractivity contribution in [3.63, 3.8) is 0 Å². The molecule has 0 saturated carbocycles. The van der Waals surface area contributed by atoms with Crippen molar-refractivity contribution in [3.05, 3.63) is 0 Å². The number of hydrogen-bond donors (Lipinski definition) is 0. The van der Waals surface area contributed by atoms with E-state index in [2.05, 4.69) is 9.82 Å². The van der Waals surface area contributed by atoms with Gasteiger partial charge in [0.05, 0.1) is 0 Å². The Labute approximate surface area is 51.6 Å². The molecule has 0 radical (unpaired) electrons. The van der Waals surface area contributed by atoms with Gasteiger partial charge in [0.2, 0.25) is 0 Å². The summed E-state index contributed by atoms with van der Waals surface area (Å²) in [5.74, 6) is 0. The Balaban J connectivity index is -0.00000000500. The van der Waals surface area contributed by atoms with Gasteiger partial charge >= 0.3 is 27.8 Å². The third-order valence-corrected chi connectivity index (χ3v) is 0. The fraction of sp³-hybridized carbons (Fsp3) is 1.00. The monoisotopic (exact) mass is 204 g/mol. The molecule has 0 aliphatic heterocycles. The van der Waals surface area contributed by atoms with E-state index in [4.69, 9.17) is 0 Å². The first-order valence-electron chi connectivity index (χ1n) is 0.167. The van der Waals surface area contributed by atoms with E-state index in [1.807, 2.05) is 0 Å². The van der Waals surface area contributed by atoms with Crippen molar-refractivity contribution in [1.29, 1.82) is 0 Å². The van der Waals surface area contributed by atoms with Crippen molar-refractivity contribution in [2.75, 3.05) is 0 Å². The molecule has 4 heavy (non-hydrogen) atoms. The minimum absolute atomic E-state index is 0. The molecule has 0 unspecified atom stereocenters. The van der Waals surface area contributed by atoms with E-state index in [1.54, 1.807) is 0 Å². The number of hydrogen-bond acceptors (Lipinski definition) is 1. The fourth-order valence-electron chi connectivity index (χ4n) is 0. The molecule has 0 bridgehead atoms. The summed E-state index contributed by atoms with van der Waals surface area (Å²) in [4.78, 5) is 0. The van der Waals surface area contributed by atoms with Crippen LogP contribution in [0.2, 0.25) is 0 Å². The Morgan fingerprint density at radius 3 is 1.25 bits per heavy atom. The maximum atomic E-state index is 4.09. The van der Waals surface area contributed by atoms with Crippen LogP contribution >= 0.6 is 9.82 Å². The summed E-state index contributed by atoms with van der Waals surface area (Å²) in [6, 6.07) is 0. The third-order valence-electron chi connectivity index (χ3n) is 0. The van der Waals surface area contributed by atoms with Gasteiger partial charge in [-0.3, -0.25) is 0 Å². The molecule has 0 spiro atoms. The molecular weight excluding hydrogens is 199 g/mol. The molecule has 0 heterocycles. The first kappa shape index (κ1) is 18.1. The van der Waals surface area contributed by atoms with Gasteiger partial charge in [-0.2, -0.15) is 0 Å².